The fourth-order valence-corrected chi connectivity index (χ4v) is 8.07. The van der Waals surface area contributed by atoms with Gasteiger partial charge in [0, 0.05) is 22.6 Å². The largest absolute Gasteiger partial charge is 0.504 e. The van der Waals surface area contributed by atoms with Gasteiger partial charge in [0.05, 0.1) is 37.7 Å². The van der Waals surface area contributed by atoms with Gasteiger partial charge < -0.3 is 24.4 Å². The van der Waals surface area contributed by atoms with Gasteiger partial charge in [-0.15, -0.1) is 11.8 Å². The van der Waals surface area contributed by atoms with Crippen LogP contribution in [0.2, 0.25) is 0 Å². The lowest BCUT2D eigenvalue weighted by Gasteiger charge is -2.48. The second kappa shape index (κ2) is 10.7. The molecule has 0 radical (unpaired) electrons. The van der Waals surface area contributed by atoms with E-state index in [4.69, 9.17) is 9.47 Å². The summed E-state index contributed by atoms with van der Waals surface area (Å²) in [7, 11) is 0. The van der Waals surface area contributed by atoms with E-state index in [1.54, 1.807) is 6.07 Å². The molecule has 0 spiro atoms. The predicted molar refractivity (Wildman–Crippen MR) is 155 cm³/mol. The number of nitrogens with zero attached hydrogens (tertiary/aromatic N) is 2. The zero-order valence-corrected chi connectivity index (χ0v) is 23.2. The van der Waals surface area contributed by atoms with Gasteiger partial charge >= 0.3 is 0 Å². The van der Waals surface area contributed by atoms with Gasteiger partial charge in [0.2, 0.25) is 5.43 Å². The van der Waals surface area contributed by atoms with Crippen LogP contribution in [0.25, 0.3) is 0 Å². The summed E-state index contributed by atoms with van der Waals surface area (Å²) in [6.45, 7) is 1.74. The molecule has 2 aliphatic carbocycles. The Morgan fingerprint density at radius 3 is 2.58 bits per heavy atom. The van der Waals surface area contributed by atoms with Gasteiger partial charge in [-0.1, -0.05) is 48.1 Å². The maximum Gasteiger partial charge on any atom is 0.261 e. The Hall–Kier alpha value is -3.07. The summed E-state index contributed by atoms with van der Waals surface area (Å²) in [6, 6.07) is 13.3. The molecule has 5 aliphatic rings. The Balaban J connectivity index is 1.29. The smallest absolute Gasteiger partial charge is 0.261 e. The van der Waals surface area contributed by atoms with Crippen LogP contribution >= 0.6 is 11.8 Å². The summed E-state index contributed by atoms with van der Waals surface area (Å²) < 4.78 is 11.5. The Morgan fingerprint density at radius 2 is 1.77 bits per heavy atom. The first-order valence-electron chi connectivity index (χ1n) is 14.3. The Bertz CT molecular complexity index is 1430. The highest BCUT2D eigenvalue weighted by Crippen LogP contribution is 2.49. The highest BCUT2D eigenvalue weighted by molar-refractivity contribution is 7.99. The summed E-state index contributed by atoms with van der Waals surface area (Å²) in [5.41, 5.74) is 2.82. The third-order valence-electron chi connectivity index (χ3n) is 9.06. The third-order valence-corrected chi connectivity index (χ3v) is 10.2. The van der Waals surface area contributed by atoms with Crippen molar-refractivity contribution in [3.05, 3.63) is 87.6 Å². The Labute approximate surface area is 238 Å². The number of ether oxygens (including phenoxy) is 2. The van der Waals surface area contributed by atoms with Crippen LogP contribution in [-0.2, 0) is 9.47 Å². The second-order valence-corrected chi connectivity index (χ2v) is 12.4. The van der Waals surface area contributed by atoms with Crippen molar-refractivity contribution in [3.63, 3.8) is 0 Å². The average molecular weight is 559 g/mol. The molecule has 8 heteroatoms. The quantitative estimate of drug-likeness (QED) is 0.563. The molecule has 7 rings (SSSR count). The first-order valence-corrected chi connectivity index (χ1v) is 15.3. The highest BCUT2D eigenvalue weighted by Gasteiger charge is 2.44. The van der Waals surface area contributed by atoms with Crippen LogP contribution in [0, 0.1) is 5.92 Å². The summed E-state index contributed by atoms with van der Waals surface area (Å²) in [5.74, 6) is 0.416. The van der Waals surface area contributed by atoms with Crippen molar-refractivity contribution in [2.75, 3.05) is 30.5 Å². The molecule has 2 aromatic rings. The van der Waals surface area contributed by atoms with E-state index in [0.717, 1.165) is 37.9 Å². The van der Waals surface area contributed by atoms with Crippen LogP contribution < -0.4 is 10.3 Å². The van der Waals surface area contributed by atoms with Crippen LogP contribution in [0.15, 0.2) is 76.0 Å². The molecule has 0 bridgehead atoms. The van der Waals surface area contributed by atoms with Crippen molar-refractivity contribution in [3.8, 4) is 5.75 Å². The minimum absolute atomic E-state index is 0.0114. The molecular formula is C32H34N2O5S. The van der Waals surface area contributed by atoms with Gasteiger partial charge in [-0.25, -0.2) is 0 Å². The van der Waals surface area contributed by atoms with Gasteiger partial charge in [0.25, 0.3) is 5.91 Å². The van der Waals surface area contributed by atoms with Gasteiger partial charge in [-0.3, -0.25) is 9.59 Å². The van der Waals surface area contributed by atoms with Crippen molar-refractivity contribution >= 4 is 23.4 Å². The third kappa shape index (κ3) is 4.56. The molecular weight excluding hydrogens is 524 g/mol. The van der Waals surface area contributed by atoms with Crippen LogP contribution in [0.5, 0.6) is 5.75 Å². The number of anilines is 1. The molecule has 7 nitrogen and oxygen atoms in total. The van der Waals surface area contributed by atoms with Crippen molar-refractivity contribution in [2.45, 2.75) is 61.3 Å². The lowest BCUT2D eigenvalue weighted by atomic mass is 9.81. The Kier molecular flexibility index (Phi) is 6.94. The molecule has 3 aliphatic heterocycles. The molecule has 2 fully saturated rings. The van der Waals surface area contributed by atoms with Crippen molar-refractivity contribution < 1.29 is 19.4 Å². The SMILES string of the molecule is O=C1c2c(cccc(=O)c2O)N([C@@H]2c3ccccc3SCC3=CC=CCC32)CN1C1CCC(OC2COC2)CC1. The molecule has 1 saturated carbocycles. The maximum atomic E-state index is 14.1. The monoisotopic (exact) mass is 558 g/mol. The highest BCUT2D eigenvalue weighted by atomic mass is 32.2. The van der Waals surface area contributed by atoms with Crippen LogP contribution in [0.4, 0.5) is 5.69 Å². The minimum Gasteiger partial charge on any atom is -0.504 e. The Morgan fingerprint density at radius 1 is 0.950 bits per heavy atom. The number of carbonyl (C=O) groups excluding carboxylic acids is 1. The van der Waals surface area contributed by atoms with Gasteiger partial charge in [-0.2, -0.15) is 0 Å². The zero-order chi connectivity index (χ0) is 27.2. The van der Waals surface area contributed by atoms with Crippen molar-refractivity contribution in [1.29, 1.82) is 0 Å². The van der Waals surface area contributed by atoms with E-state index in [1.807, 2.05) is 22.7 Å². The molecule has 208 valence electrons. The second-order valence-electron chi connectivity index (χ2n) is 11.4. The van der Waals surface area contributed by atoms with Crippen LogP contribution in [-0.4, -0.2) is 59.8 Å². The number of aromatic hydroxyl groups is 1. The lowest BCUT2D eigenvalue weighted by molar-refractivity contribution is -0.161. The standard InChI is InChI=1S/C32H34N2O5S/c35-27-10-5-9-26-29(31(27)36)32(37)33(21-12-14-22(15-13-21)39-23-16-38-17-23)19-34(26)30-24-7-2-1-6-20(24)18-40-28-11-4-3-8-25(28)30/h1-6,8-11,21-24,30H,7,12-19H2,(H,35,36)/t21?,22?,24?,30-/m0/s1. The number of fused-ring (bicyclic) bond motifs is 3. The van der Waals surface area contributed by atoms with E-state index in [0.29, 0.717) is 25.6 Å². The number of rotatable bonds is 4. The normalized spacial score (nSPS) is 28.1. The first-order chi connectivity index (χ1) is 19.6. The van der Waals surface area contributed by atoms with E-state index >= 15 is 0 Å². The van der Waals surface area contributed by atoms with Gasteiger partial charge in [-0.05, 0) is 55.9 Å². The summed E-state index contributed by atoms with van der Waals surface area (Å²) >= 11 is 1.86. The van der Waals surface area contributed by atoms with Crippen LogP contribution in [0.1, 0.15) is 54.1 Å². The molecule has 1 saturated heterocycles. The summed E-state index contributed by atoms with van der Waals surface area (Å²) in [5, 5.41) is 11.1. The van der Waals surface area contributed by atoms with E-state index < -0.39 is 11.2 Å². The molecule has 3 heterocycles. The van der Waals surface area contributed by atoms with E-state index in [9.17, 15) is 14.7 Å². The van der Waals surface area contributed by atoms with E-state index in [1.165, 1.54) is 22.1 Å². The number of carbonyl (C=O) groups is 1. The first kappa shape index (κ1) is 25.9. The van der Waals surface area contributed by atoms with Crippen LogP contribution in [0.3, 0.4) is 0 Å². The van der Waals surface area contributed by atoms with E-state index in [2.05, 4.69) is 47.4 Å². The molecule has 0 aromatic heterocycles. The molecule has 1 N–H and O–H groups in total. The maximum absolute atomic E-state index is 14.1. The summed E-state index contributed by atoms with van der Waals surface area (Å²) in [4.78, 5) is 32.3. The minimum atomic E-state index is -0.533. The molecule has 1 amide bonds. The fraction of sp³-hybridized carbons (Fsp3) is 0.438. The number of thioether (sulfide) groups is 1. The zero-order valence-electron chi connectivity index (χ0n) is 22.4. The van der Waals surface area contributed by atoms with Crippen molar-refractivity contribution in [1.82, 2.24) is 4.90 Å². The molecule has 1 unspecified atom stereocenters. The number of allylic oxidation sites excluding steroid dienone is 3. The molecule has 2 aromatic carbocycles. The summed E-state index contributed by atoms with van der Waals surface area (Å²) in [6.07, 6.45) is 11.3. The number of benzene rings is 1. The number of amides is 1. The predicted octanol–water partition coefficient (Wildman–Crippen LogP) is 5.05. The van der Waals surface area contributed by atoms with Gasteiger partial charge in [0.15, 0.2) is 5.75 Å². The number of hydrogen-bond acceptors (Lipinski definition) is 7. The van der Waals surface area contributed by atoms with E-state index in [-0.39, 0.29) is 41.7 Å². The number of hydrogen-bond donors (Lipinski definition) is 1. The molecule has 2 atom stereocenters. The topological polar surface area (TPSA) is 79.3 Å². The van der Waals surface area contributed by atoms with Crippen molar-refractivity contribution in [2.24, 2.45) is 5.92 Å². The lowest BCUT2D eigenvalue weighted by Crippen LogP contribution is -2.54. The average Bonchev–Trinajstić information content (AvgIpc) is 3.22. The molecule has 40 heavy (non-hydrogen) atoms. The fourth-order valence-electron chi connectivity index (χ4n) is 6.91. The van der Waals surface area contributed by atoms with Gasteiger partial charge in [0.1, 0.15) is 11.7 Å².